The summed E-state index contributed by atoms with van der Waals surface area (Å²) >= 11 is 0. The van der Waals surface area contributed by atoms with E-state index in [1.54, 1.807) is 0 Å². The maximum Gasteiger partial charge on any atom is 0.336 e. The summed E-state index contributed by atoms with van der Waals surface area (Å²) in [6.45, 7) is 0. The summed E-state index contributed by atoms with van der Waals surface area (Å²) in [5, 5.41) is 38.1. The van der Waals surface area contributed by atoms with Crippen molar-refractivity contribution in [2.75, 3.05) is 14.2 Å². The first kappa shape index (κ1) is 21.8. The van der Waals surface area contributed by atoms with E-state index in [1.807, 2.05) is 0 Å². The van der Waals surface area contributed by atoms with Crippen LogP contribution >= 0.6 is 0 Å². The van der Waals surface area contributed by atoms with Crippen LogP contribution in [0.4, 0.5) is 11.4 Å². The molecule has 0 heterocycles. The SMILES string of the molecule is COc1cc(C(=O)O)cc([N+](=O)[O-])c1.COc1cc(C(=O)O)cc([N+](=O)[O-])c1. The molecule has 0 aliphatic carbocycles. The summed E-state index contributed by atoms with van der Waals surface area (Å²) in [6, 6.07) is 6.71. The van der Waals surface area contributed by atoms with Crippen molar-refractivity contribution in [3.8, 4) is 11.5 Å². The van der Waals surface area contributed by atoms with Gasteiger partial charge in [0.2, 0.25) is 0 Å². The molecule has 28 heavy (non-hydrogen) atoms. The zero-order valence-electron chi connectivity index (χ0n) is 14.5. The smallest absolute Gasteiger partial charge is 0.336 e. The van der Waals surface area contributed by atoms with Gasteiger partial charge < -0.3 is 19.7 Å². The molecule has 0 unspecified atom stereocenters. The third-order valence-corrected chi connectivity index (χ3v) is 3.17. The molecular formula is C16H14N2O10. The summed E-state index contributed by atoms with van der Waals surface area (Å²) in [5.41, 5.74) is -0.949. The molecule has 0 spiro atoms. The normalized spacial score (nSPS) is 9.50. The van der Waals surface area contributed by atoms with Crippen LogP contribution in [-0.4, -0.2) is 46.2 Å². The fourth-order valence-corrected chi connectivity index (χ4v) is 1.86. The molecule has 0 saturated carbocycles. The minimum atomic E-state index is -1.23. The Bertz CT molecular complexity index is 786. The van der Waals surface area contributed by atoms with E-state index in [4.69, 9.17) is 19.7 Å². The molecule has 2 rings (SSSR count). The highest BCUT2D eigenvalue weighted by molar-refractivity contribution is 5.89. The number of aromatic carboxylic acids is 2. The molecule has 0 aliphatic heterocycles. The molecule has 0 aromatic heterocycles. The van der Waals surface area contributed by atoms with E-state index in [0.717, 1.165) is 24.3 Å². The summed E-state index contributed by atoms with van der Waals surface area (Å²) < 4.78 is 9.46. The van der Waals surface area contributed by atoms with Crippen molar-refractivity contribution in [1.82, 2.24) is 0 Å². The average molecular weight is 394 g/mol. The molecule has 0 atom stereocenters. The number of hydrogen-bond donors (Lipinski definition) is 2. The van der Waals surface area contributed by atoms with Crippen molar-refractivity contribution in [3.05, 3.63) is 67.8 Å². The third kappa shape index (κ3) is 5.94. The van der Waals surface area contributed by atoms with Gasteiger partial charge in [-0.15, -0.1) is 0 Å². The Morgan fingerprint density at radius 3 is 1.29 bits per heavy atom. The Labute approximate surface area is 156 Å². The van der Waals surface area contributed by atoms with Gasteiger partial charge in [-0.1, -0.05) is 0 Å². The standard InChI is InChI=1S/2C8H7NO5/c2*1-14-7-3-5(8(10)11)2-6(4-7)9(12)13/h2*2-4H,1H3,(H,10,11). The predicted octanol–water partition coefficient (Wildman–Crippen LogP) is 2.60. The second kappa shape index (κ2) is 9.47. The maximum absolute atomic E-state index is 10.6. The summed E-state index contributed by atoms with van der Waals surface area (Å²) in [4.78, 5) is 40.6. The zero-order valence-corrected chi connectivity index (χ0v) is 14.5. The second-order valence-electron chi connectivity index (χ2n) is 4.96. The van der Waals surface area contributed by atoms with Crippen LogP contribution in [0.3, 0.4) is 0 Å². The van der Waals surface area contributed by atoms with Crippen LogP contribution in [0.1, 0.15) is 20.7 Å². The van der Waals surface area contributed by atoms with Gasteiger partial charge in [0.05, 0.1) is 47.3 Å². The zero-order chi connectivity index (χ0) is 21.4. The van der Waals surface area contributed by atoms with E-state index < -0.39 is 21.8 Å². The lowest BCUT2D eigenvalue weighted by atomic mass is 10.2. The van der Waals surface area contributed by atoms with Gasteiger partial charge in [0, 0.05) is 12.1 Å². The van der Waals surface area contributed by atoms with Gasteiger partial charge in [0.1, 0.15) is 11.5 Å². The highest BCUT2D eigenvalue weighted by Gasteiger charge is 2.14. The molecule has 0 amide bonds. The predicted molar refractivity (Wildman–Crippen MR) is 93.2 cm³/mol. The number of benzene rings is 2. The van der Waals surface area contributed by atoms with E-state index in [0.29, 0.717) is 0 Å². The number of hydrogen-bond acceptors (Lipinski definition) is 8. The minimum Gasteiger partial charge on any atom is -0.496 e. The largest absolute Gasteiger partial charge is 0.496 e. The Hall–Kier alpha value is -4.22. The number of methoxy groups -OCH3 is 2. The van der Waals surface area contributed by atoms with E-state index in [-0.39, 0.29) is 34.0 Å². The Morgan fingerprint density at radius 2 is 1.07 bits per heavy atom. The van der Waals surface area contributed by atoms with Crippen LogP contribution in [0.25, 0.3) is 0 Å². The highest BCUT2D eigenvalue weighted by atomic mass is 16.6. The molecule has 2 aromatic rings. The van der Waals surface area contributed by atoms with Crippen LogP contribution in [0, 0.1) is 20.2 Å². The first-order valence-electron chi connectivity index (χ1n) is 7.22. The number of carboxylic acids is 2. The minimum absolute atomic E-state index is 0.150. The van der Waals surface area contributed by atoms with Gasteiger partial charge in [-0.2, -0.15) is 0 Å². The van der Waals surface area contributed by atoms with E-state index >= 15 is 0 Å². The molecule has 0 saturated heterocycles. The lowest BCUT2D eigenvalue weighted by Crippen LogP contribution is -1.99. The monoisotopic (exact) mass is 394 g/mol. The Morgan fingerprint density at radius 1 is 0.750 bits per heavy atom. The molecule has 0 aliphatic rings. The van der Waals surface area contributed by atoms with Crippen LogP contribution in [0.2, 0.25) is 0 Å². The van der Waals surface area contributed by atoms with Gasteiger partial charge in [-0.25, -0.2) is 9.59 Å². The number of carbonyl (C=O) groups is 2. The summed E-state index contributed by atoms with van der Waals surface area (Å²) in [6.07, 6.45) is 0. The fraction of sp³-hybridized carbons (Fsp3) is 0.125. The lowest BCUT2D eigenvalue weighted by molar-refractivity contribution is -0.385. The summed E-state index contributed by atoms with van der Waals surface area (Å²) in [5.74, 6) is -2.16. The van der Waals surface area contributed by atoms with Gasteiger partial charge in [-0.3, -0.25) is 20.2 Å². The fourth-order valence-electron chi connectivity index (χ4n) is 1.86. The average Bonchev–Trinajstić information content (AvgIpc) is 2.67. The molecular weight excluding hydrogens is 380 g/mol. The molecule has 0 fully saturated rings. The molecule has 2 aromatic carbocycles. The highest BCUT2D eigenvalue weighted by Crippen LogP contribution is 2.23. The van der Waals surface area contributed by atoms with Gasteiger partial charge in [-0.05, 0) is 12.1 Å². The molecule has 148 valence electrons. The number of nitro benzene ring substituents is 2. The third-order valence-electron chi connectivity index (χ3n) is 3.17. The van der Waals surface area contributed by atoms with Crippen molar-refractivity contribution in [3.63, 3.8) is 0 Å². The number of nitrogens with zero attached hydrogens (tertiary/aromatic N) is 2. The van der Waals surface area contributed by atoms with Crippen LogP contribution in [0.5, 0.6) is 11.5 Å². The van der Waals surface area contributed by atoms with Crippen molar-refractivity contribution >= 4 is 23.3 Å². The van der Waals surface area contributed by atoms with Crippen LogP contribution in [0.15, 0.2) is 36.4 Å². The molecule has 0 radical (unpaired) electrons. The van der Waals surface area contributed by atoms with Crippen molar-refractivity contribution in [2.45, 2.75) is 0 Å². The topological polar surface area (TPSA) is 179 Å². The van der Waals surface area contributed by atoms with Crippen molar-refractivity contribution in [1.29, 1.82) is 0 Å². The number of ether oxygens (including phenoxy) is 2. The Kier molecular flexibility index (Phi) is 7.38. The van der Waals surface area contributed by atoms with Gasteiger partial charge in [0.15, 0.2) is 0 Å². The number of rotatable bonds is 6. The van der Waals surface area contributed by atoms with Crippen LogP contribution in [-0.2, 0) is 0 Å². The molecule has 0 bridgehead atoms. The van der Waals surface area contributed by atoms with Crippen molar-refractivity contribution < 1.29 is 39.1 Å². The van der Waals surface area contributed by atoms with E-state index in [2.05, 4.69) is 0 Å². The lowest BCUT2D eigenvalue weighted by Gasteiger charge is -2.01. The summed E-state index contributed by atoms with van der Waals surface area (Å²) in [7, 11) is 2.62. The Balaban J connectivity index is 0.000000280. The first-order valence-corrected chi connectivity index (χ1v) is 7.22. The maximum atomic E-state index is 10.6. The van der Waals surface area contributed by atoms with Gasteiger partial charge >= 0.3 is 11.9 Å². The molecule has 12 nitrogen and oxygen atoms in total. The van der Waals surface area contributed by atoms with Gasteiger partial charge in [0.25, 0.3) is 11.4 Å². The number of nitro groups is 2. The van der Waals surface area contributed by atoms with Crippen molar-refractivity contribution in [2.24, 2.45) is 0 Å². The van der Waals surface area contributed by atoms with E-state index in [9.17, 15) is 29.8 Å². The first-order chi connectivity index (χ1) is 13.1. The quantitative estimate of drug-likeness (QED) is 0.546. The second-order valence-corrected chi connectivity index (χ2v) is 4.96. The number of non-ortho nitro benzene ring substituents is 2. The molecule has 2 N–H and O–H groups in total. The van der Waals surface area contributed by atoms with Crippen LogP contribution < -0.4 is 9.47 Å². The molecule has 12 heteroatoms. The number of carboxylic acid groups (broad SMARTS) is 2. The van der Waals surface area contributed by atoms with E-state index in [1.165, 1.54) is 26.4 Å².